The first-order valence-corrected chi connectivity index (χ1v) is 5.60. The van der Waals surface area contributed by atoms with Gasteiger partial charge in [-0.05, 0) is 43.7 Å². The van der Waals surface area contributed by atoms with Crippen molar-refractivity contribution in [1.29, 1.82) is 0 Å². The van der Waals surface area contributed by atoms with E-state index in [-0.39, 0.29) is 5.82 Å². The summed E-state index contributed by atoms with van der Waals surface area (Å²) in [7, 11) is 1.92. The summed E-state index contributed by atoms with van der Waals surface area (Å²) in [5.41, 5.74) is 0.832. The molecule has 0 radical (unpaired) electrons. The summed E-state index contributed by atoms with van der Waals surface area (Å²) in [5, 5.41) is 3.20. The van der Waals surface area contributed by atoms with Crippen molar-refractivity contribution in [2.24, 2.45) is 5.92 Å². The van der Waals surface area contributed by atoms with Gasteiger partial charge in [0.05, 0.1) is 0 Å². The summed E-state index contributed by atoms with van der Waals surface area (Å²) >= 11 is 0. The molecule has 1 aromatic rings. The minimum absolute atomic E-state index is 0.223. The van der Waals surface area contributed by atoms with Crippen molar-refractivity contribution in [3.63, 3.8) is 0 Å². The van der Waals surface area contributed by atoms with E-state index in [4.69, 9.17) is 4.74 Å². The number of halogens is 1. The maximum atomic E-state index is 12.9. The maximum Gasteiger partial charge on any atom is 0.123 e. The lowest BCUT2D eigenvalue weighted by molar-refractivity contribution is 0.236. The van der Waals surface area contributed by atoms with E-state index in [2.05, 4.69) is 19.2 Å². The van der Waals surface area contributed by atoms with E-state index in [0.717, 1.165) is 11.3 Å². The summed E-state index contributed by atoms with van der Waals surface area (Å²) < 4.78 is 18.5. The molecule has 0 saturated heterocycles. The first kappa shape index (κ1) is 13.0. The standard InChI is InChI=1S/C13H20FNO/c1-9(2)12(15-4)8-16-13-6-5-11(14)7-10(13)3/h5-7,9,12,15H,8H2,1-4H3. The van der Waals surface area contributed by atoms with E-state index in [1.807, 2.05) is 14.0 Å². The lowest BCUT2D eigenvalue weighted by atomic mass is 10.1. The molecule has 0 aliphatic carbocycles. The minimum Gasteiger partial charge on any atom is -0.492 e. The number of likely N-dealkylation sites (N-methyl/N-ethyl adjacent to an activating group) is 1. The highest BCUT2D eigenvalue weighted by molar-refractivity contribution is 5.32. The van der Waals surface area contributed by atoms with Gasteiger partial charge in [-0.2, -0.15) is 0 Å². The molecule has 0 amide bonds. The number of rotatable bonds is 5. The third kappa shape index (κ3) is 3.49. The summed E-state index contributed by atoms with van der Waals surface area (Å²) in [6.07, 6.45) is 0. The van der Waals surface area contributed by atoms with Gasteiger partial charge in [0.2, 0.25) is 0 Å². The third-order valence-electron chi connectivity index (χ3n) is 2.73. The van der Waals surface area contributed by atoms with E-state index >= 15 is 0 Å². The Morgan fingerprint density at radius 1 is 1.38 bits per heavy atom. The van der Waals surface area contributed by atoms with E-state index in [1.54, 1.807) is 6.07 Å². The highest BCUT2D eigenvalue weighted by Crippen LogP contribution is 2.19. The van der Waals surface area contributed by atoms with Gasteiger partial charge in [-0.1, -0.05) is 13.8 Å². The molecule has 16 heavy (non-hydrogen) atoms. The Morgan fingerprint density at radius 3 is 2.56 bits per heavy atom. The molecule has 1 rings (SSSR count). The van der Waals surface area contributed by atoms with Gasteiger partial charge in [0.25, 0.3) is 0 Å². The Kier molecular flexibility index (Phi) is 4.74. The first-order chi connectivity index (χ1) is 7.54. The molecule has 2 nitrogen and oxygen atoms in total. The van der Waals surface area contributed by atoms with Crippen LogP contribution in [-0.4, -0.2) is 19.7 Å². The van der Waals surface area contributed by atoms with Crippen LogP contribution in [0.25, 0.3) is 0 Å². The molecule has 0 aliphatic rings. The van der Waals surface area contributed by atoms with Gasteiger partial charge >= 0.3 is 0 Å². The van der Waals surface area contributed by atoms with Gasteiger partial charge in [0.1, 0.15) is 18.2 Å². The molecule has 90 valence electrons. The molecular formula is C13H20FNO. The maximum absolute atomic E-state index is 12.9. The van der Waals surface area contributed by atoms with E-state index < -0.39 is 0 Å². The van der Waals surface area contributed by atoms with Gasteiger partial charge in [-0.25, -0.2) is 4.39 Å². The van der Waals surface area contributed by atoms with Crippen LogP contribution in [0.1, 0.15) is 19.4 Å². The molecule has 1 N–H and O–H groups in total. The van der Waals surface area contributed by atoms with Crippen LogP contribution >= 0.6 is 0 Å². The van der Waals surface area contributed by atoms with Crippen molar-refractivity contribution in [2.45, 2.75) is 26.8 Å². The van der Waals surface area contributed by atoms with Crippen LogP contribution in [0.3, 0.4) is 0 Å². The van der Waals surface area contributed by atoms with E-state index in [0.29, 0.717) is 18.6 Å². The average molecular weight is 225 g/mol. The Labute approximate surface area is 96.8 Å². The lowest BCUT2D eigenvalue weighted by Crippen LogP contribution is -2.36. The molecule has 1 aromatic carbocycles. The van der Waals surface area contributed by atoms with Crippen molar-refractivity contribution in [2.75, 3.05) is 13.7 Å². The second-order valence-corrected chi connectivity index (χ2v) is 4.36. The number of ether oxygens (including phenoxy) is 1. The SMILES string of the molecule is CNC(COc1ccc(F)cc1C)C(C)C. The van der Waals surface area contributed by atoms with Gasteiger partial charge < -0.3 is 10.1 Å². The number of nitrogens with one attached hydrogen (secondary N) is 1. The second kappa shape index (κ2) is 5.85. The van der Waals surface area contributed by atoms with Crippen molar-refractivity contribution in [3.05, 3.63) is 29.6 Å². The molecule has 3 heteroatoms. The lowest BCUT2D eigenvalue weighted by Gasteiger charge is -2.21. The van der Waals surface area contributed by atoms with Crippen LogP contribution < -0.4 is 10.1 Å². The minimum atomic E-state index is -0.223. The third-order valence-corrected chi connectivity index (χ3v) is 2.73. The fourth-order valence-electron chi connectivity index (χ4n) is 1.56. The molecule has 1 atom stereocenters. The monoisotopic (exact) mass is 225 g/mol. The van der Waals surface area contributed by atoms with Crippen LogP contribution in [0.5, 0.6) is 5.75 Å². The summed E-state index contributed by atoms with van der Waals surface area (Å²) in [4.78, 5) is 0. The quantitative estimate of drug-likeness (QED) is 0.832. The van der Waals surface area contributed by atoms with Crippen LogP contribution in [0.2, 0.25) is 0 Å². The number of hydrogen-bond acceptors (Lipinski definition) is 2. The van der Waals surface area contributed by atoms with Gasteiger partial charge in [-0.15, -0.1) is 0 Å². The summed E-state index contributed by atoms with van der Waals surface area (Å²) in [6.45, 7) is 6.73. The molecule has 0 heterocycles. The fourth-order valence-corrected chi connectivity index (χ4v) is 1.56. The number of benzene rings is 1. The highest BCUT2D eigenvalue weighted by atomic mass is 19.1. The van der Waals surface area contributed by atoms with Crippen molar-refractivity contribution in [1.82, 2.24) is 5.32 Å². The Bertz CT molecular complexity index is 339. The Morgan fingerprint density at radius 2 is 2.06 bits per heavy atom. The molecule has 0 aliphatic heterocycles. The molecule has 0 bridgehead atoms. The van der Waals surface area contributed by atoms with Crippen molar-refractivity contribution < 1.29 is 9.13 Å². The zero-order chi connectivity index (χ0) is 12.1. The zero-order valence-electron chi connectivity index (χ0n) is 10.4. The van der Waals surface area contributed by atoms with E-state index in [9.17, 15) is 4.39 Å². The van der Waals surface area contributed by atoms with Gasteiger partial charge in [-0.3, -0.25) is 0 Å². The summed E-state index contributed by atoms with van der Waals surface area (Å²) in [5.74, 6) is 1.03. The predicted octanol–water partition coefficient (Wildman–Crippen LogP) is 2.76. The van der Waals surface area contributed by atoms with Crippen LogP contribution in [0, 0.1) is 18.7 Å². The first-order valence-electron chi connectivity index (χ1n) is 5.60. The largest absolute Gasteiger partial charge is 0.492 e. The number of aryl methyl sites for hydroxylation is 1. The molecule has 0 fully saturated rings. The molecule has 0 spiro atoms. The van der Waals surface area contributed by atoms with Crippen LogP contribution in [0.4, 0.5) is 4.39 Å². The molecule has 1 unspecified atom stereocenters. The van der Waals surface area contributed by atoms with Gasteiger partial charge in [0, 0.05) is 6.04 Å². The zero-order valence-corrected chi connectivity index (χ0v) is 10.4. The second-order valence-electron chi connectivity index (χ2n) is 4.36. The molecule has 0 aromatic heterocycles. The number of hydrogen-bond donors (Lipinski definition) is 1. The normalized spacial score (nSPS) is 12.9. The molecule has 0 saturated carbocycles. The Balaban J connectivity index is 2.60. The topological polar surface area (TPSA) is 21.3 Å². The van der Waals surface area contributed by atoms with Crippen molar-refractivity contribution >= 4 is 0 Å². The van der Waals surface area contributed by atoms with E-state index in [1.165, 1.54) is 12.1 Å². The van der Waals surface area contributed by atoms with Crippen molar-refractivity contribution in [3.8, 4) is 5.75 Å². The van der Waals surface area contributed by atoms with Gasteiger partial charge in [0.15, 0.2) is 0 Å². The highest BCUT2D eigenvalue weighted by Gasteiger charge is 2.12. The van der Waals surface area contributed by atoms with Crippen LogP contribution in [-0.2, 0) is 0 Å². The summed E-state index contributed by atoms with van der Waals surface area (Å²) in [6, 6.07) is 4.90. The average Bonchev–Trinajstić information content (AvgIpc) is 2.21. The smallest absolute Gasteiger partial charge is 0.123 e. The Hall–Kier alpha value is -1.09. The van der Waals surface area contributed by atoms with Crippen LogP contribution in [0.15, 0.2) is 18.2 Å². The molecular weight excluding hydrogens is 205 g/mol. The predicted molar refractivity (Wildman–Crippen MR) is 64.3 cm³/mol. The fraction of sp³-hybridized carbons (Fsp3) is 0.538.